The monoisotopic (exact) mass is 352 g/mol. The van der Waals surface area contributed by atoms with Gasteiger partial charge < -0.3 is 5.11 Å². The van der Waals surface area contributed by atoms with Crippen LogP contribution in [0.15, 0.2) is 71.9 Å². The number of aliphatic hydroxyl groups is 1. The molecule has 0 spiro atoms. The summed E-state index contributed by atoms with van der Waals surface area (Å²) in [5.74, 6) is 0. The first kappa shape index (κ1) is 19.7. The molecular formula is C23H32OSi. The average Bonchev–Trinajstić information content (AvgIpc) is 2.62. The summed E-state index contributed by atoms with van der Waals surface area (Å²) in [5.41, 5.74) is 0.160. The SMILES string of the molecule is CCCC/C=C(\CC(C)(O)c1ccccc1)[Si](C)(C)c1ccccc1. The van der Waals surface area contributed by atoms with E-state index < -0.39 is 13.7 Å². The Hall–Kier alpha value is -1.64. The Morgan fingerprint density at radius 3 is 2.12 bits per heavy atom. The van der Waals surface area contributed by atoms with E-state index >= 15 is 0 Å². The van der Waals surface area contributed by atoms with Gasteiger partial charge in [-0.25, -0.2) is 0 Å². The van der Waals surface area contributed by atoms with Gasteiger partial charge in [0.2, 0.25) is 0 Å². The lowest BCUT2D eigenvalue weighted by atomic mass is 9.92. The first-order chi connectivity index (χ1) is 11.9. The van der Waals surface area contributed by atoms with Gasteiger partial charge in [-0.15, -0.1) is 0 Å². The van der Waals surface area contributed by atoms with Crippen LogP contribution < -0.4 is 5.19 Å². The maximum atomic E-state index is 11.2. The summed E-state index contributed by atoms with van der Waals surface area (Å²) in [6.45, 7) is 8.99. The Balaban J connectivity index is 2.35. The van der Waals surface area contributed by atoms with E-state index in [9.17, 15) is 5.11 Å². The fraction of sp³-hybridized carbons (Fsp3) is 0.391. The number of hydrogen-bond acceptors (Lipinski definition) is 1. The quantitative estimate of drug-likeness (QED) is 0.487. The van der Waals surface area contributed by atoms with Crippen LogP contribution >= 0.6 is 0 Å². The molecule has 134 valence electrons. The van der Waals surface area contributed by atoms with Gasteiger partial charge in [-0.1, -0.05) is 110 Å². The van der Waals surface area contributed by atoms with E-state index in [0.29, 0.717) is 6.42 Å². The molecule has 1 unspecified atom stereocenters. The topological polar surface area (TPSA) is 20.2 Å². The Morgan fingerprint density at radius 2 is 1.56 bits per heavy atom. The van der Waals surface area contributed by atoms with Crippen LogP contribution in [0, 0.1) is 0 Å². The lowest BCUT2D eigenvalue weighted by Crippen LogP contribution is -2.45. The molecule has 0 aliphatic carbocycles. The van der Waals surface area contributed by atoms with Crippen molar-refractivity contribution in [3.05, 3.63) is 77.5 Å². The number of rotatable bonds is 8. The molecule has 0 aliphatic heterocycles. The van der Waals surface area contributed by atoms with Crippen molar-refractivity contribution in [1.82, 2.24) is 0 Å². The number of allylic oxidation sites excluding steroid dienone is 1. The minimum Gasteiger partial charge on any atom is -0.385 e. The lowest BCUT2D eigenvalue weighted by Gasteiger charge is -2.33. The van der Waals surface area contributed by atoms with Crippen LogP contribution in [0.25, 0.3) is 0 Å². The minimum atomic E-state index is -1.80. The highest BCUT2D eigenvalue weighted by Crippen LogP contribution is 2.32. The van der Waals surface area contributed by atoms with Crippen LogP contribution in [0.2, 0.25) is 13.1 Å². The van der Waals surface area contributed by atoms with E-state index in [2.05, 4.69) is 56.4 Å². The predicted octanol–water partition coefficient (Wildman–Crippen LogP) is 5.56. The fourth-order valence-corrected chi connectivity index (χ4v) is 6.18. The molecule has 0 saturated heterocycles. The van der Waals surface area contributed by atoms with Crippen LogP contribution in [0.5, 0.6) is 0 Å². The van der Waals surface area contributed by atoms with Gasteiger partial charge in [0.05, 0.1) is 5.60 Å². The number of hydrogen-bond donors (Lipinski definition) is 1. The van der Waals surface area contributed by atoms with Gasteiger partial charge in [0.15, 0.2) is 0 Å². The van der Waals surface area contributed by atoms with E-state index in [4.69, 9.17) is 0 Å². The summed E-state index contributed by atoms with van der Waals surface area (Å²) in [6.07, 6.45) is 6.62. The highest BCUT2D eigenvalue weighted by atomic mass is 28.3. The van der Waals surface area contributed by atoms with Crippen molar-refractivity contribution in [3.8, 4) is 0 Å². The summed E-state index contributed by atoms with van der Waals surface area (Å²) < 4.78 is 0. The van der Waals surface area contributed by atoms with Gasteiger partial charge in [0.1, 0.15) is 8.07 Å². The zero-order chi connectivity index (χ0) is 18.3. The smallest absolute Gasteiger partial charge is 0.107 e. The van der Waals surface area contributed by atoms with Gasteiger partial charge >= 0.3 is 0 Å². The van der Waals surface area contributed by atoms with Gasteiger partial charge in [-0.3, -0.25) is 0 Å². The third-order valence-electron chi connectivity index (χ3n) is 5.18. The number of benzene rings is 2. The first-order valence-corrected chi connectivity index (χ1v) is 12.4. The maximum Gasteiger partial charge on any atom is 0.107 e. The van der Waals surface area contributed by atoms with Gasteiger partial charge in [-0.05, 0) is 25.3 Å². The van der Waals surface area contributed by atoms with Crippen molar-refractivity contribution < 1.29 is 5.11 Å². The molecule has 0 bridgehead atoms. The maximum absolute atomic E-state index is 11.2. The minimum absolute atomic E-state index is 0.703. The zero-order valence-corrected chi connectivity index (χ0v) is 17.1. The van der Waals surface area contributed by atoms with E-state index in [1.807, 2.05) is 37.3 Å². The van der Waals surface area contributed by atoms with E-state index in [1.54, 1.807) is 0 Å². The molecule has 0 fully saturated rings. The van der Waals surface area contributed by atoms with Crippen LogP contribution in [0.1, 0.15) is 45.1 Å². The molecule has 2 rings (SSSR count). The average molecular weight is 353 g/mol. The summed E-state index contributed by atoms with van der Waals surface area (Å²) in [4.78, 5) is 0. The van der Waals surface area contributed by atoms with Crippen molar-refractivity contribution in [1.29, 1.82) is 0 Å². The van der Waals surface area contributed by atoms with Gasteiger partial charge in [0.25, 0.3) is 0 Å². The van der Waals surface area contributed by atoms with Crippen molar-refractivity contribution in [2.45, 2.75) is 58.2 Å². The molecule has 0 aliphatic rings. The molecule has 1 atom stereocenters. The molecular weight excluding hydrogens is 320 g/mol. The summed E-state index contributed by atoms with van der Waals surface area (Å²) in [7, 11) is -1.80. The highest BCUT2D eigenvalue weighted by molar-refractivity contribution is 6.95. The zero-order valence-electron chi connectivity index (χ0n) is 16.1. The standard InChI is InChI=1S/C23H32OSi/c1-5-6-9-18-22(25(3,4)21-16-12-8-13-17-21)19-23(2,24)20-14-10-7-11-15-20/h7-8,10-18,24H,5-6,9,19H2,1-4H3/b22-18+. The van der Waals surface area contributed by atoms with E-state index in [1.165, 1.54) is 23.2 Å². The van der Waals surface area contributed by atoms with Crippen molar-refractivity contribution in [2.24, 2.45) is 0 Å². The van der Waals surface area contributed by atoms with Crippen molar-refractivity contribution in [3.63, 3.8) is 0 Å². The molecule has 2 heteroatoms. The lowest BCUT2D eigenvalue weighted by molar-refractivity contribution is 0.0590. The summed E-state index contributed by atoms with van der Waals surface area (Å²) in [6, 6.07) is 20.9. The van der Waals surface area contributed by atoms with Crippen LogP contribution in [0.4, 0.5) is 0 Å². The Labute approximate surface area is 154 Å². The van der Waals surface area contributed by atoms with Crippen molar-refractivity contribution >= 4 is 13.3 Å². The molecule has 2 aromatic rings. The van der Waals surface area contributed by atoms with Crippen LogP contribution in [0.3, 0.4) is 0 Å². The molecule has 0 aromatic heterocycles. The third kappa shape index (κ3) is 5.16. The van der Waals surface area contributed by atoms with Gasteiger partial charge in [0, 0.05) is 0 Å². The molecule has 1 nitrogen and oxygen atoms in total. The van der Waals surface area contributed by atoms with E-state index in [0.717, 1.165) is 12.0 Å². The van der Waals surface area contributed by atoms with Crippen molar-refractivity contribution in [2.75, 3.05) is 0 Å². The van der Waals surface area contributed by atoms with Crippen LogP contribution in [-0.4, -0.2) is 13.2 Å². The second-order valence-corrected chi connectivity index (χ2v) is 12.1. The largest absolute Gasteiger partial charge is 0.385 e. The third-order valence-corrected chi connectivity index (χ3v) is 8.94. The molecule has 1 N–H and O–H groups in total. The summed E-state index contributed by atoms with van der Waals surface area (Å²) in [5, 5.41) is 14.1. The molecule has 0 saturated carbocycles. The second-order valence-electron chi connectivity index (χ2n) is 7.68. The first-order valence-electron chi connectivity index (χ1n) is 9.41. The Kier molecular flexibility index (Phi) is 6.80. The molecule has 25 heavy (non-hydrogen) atoms. The van der Waals surface area contributed by atoms with E-state index in [-0.39, 0.29) is 0 Å². The molecule has 0 heterocycles. The molecule has 0 radical (unpaired) electrons. The summed E-state index contributed by atoms with van der Waals surface area (Å²) >= 11 is 0. The number of unbranched alkanes of at least 4 members (excludes halogenated alkanes) is 2. The Bertz CT molecular complexity index is 672. The van der Waals surface area contributed by atoms with Crippen LogP contribution in [-0.2, 0) is 5.60 Å². The molecule has 2 aromatic carbocycles. The Morgan fingerprint density at radius 1 is 1.00 bits per heavy atom. The predicted molar refractivity (Wildman–Crippen MR) is 112 cm³/mol. The van der Waals surface area contributed by atoms with Gasteiger partial charge in [-0.2, -0.15) is 0 Å². The highest BCUT2D eigenvalue weighted by Gasteiger charge is 2.33. The molecule has 0 amide bonds. The second kappa shape index (κ2) is 8.64. The normalized spacial score (nSPS) is 15.0. The fourth-order valence-electron chi connectivity index (χ4n) is 3.34.